The van der Waals surface area contributed by atoms with E-state index in [-0.39, 0.29) is 0 Å². The van der Waals surface area contributed by atoms with Crippen LogP contribution in [0.4, 0.5) is 0 Å². The molecule has 4 heteroatoms. The summed E-state index contributed by atoms with van der Waals surface area (Å²) in [6.07, 6.45) is 9.27. The van der Waals surface area contributed by atoms with E-state index in [0.29, 0.717) is 5.30 Å². The van der Waals surface area contributed by atoms with Gasteiger partial charge in [0.2, 0.25) is 0 Å². The second-order valence-electron chi connectivity index (χ2n) is 4.11. The van der Waals surface area contributed by atoms with Gasteiger partial charge >= 0.3 is 7.60 Å². The van der Waals surface area contributed by atoms with Crippen LogP contribution >= 0.6 is 7.60 Å². The fraction of sp³-hybridized carbons (Fsp3) is 0.333. The molecule has 1 aromatic carbocycles. The first-order chi connectivity index (χ1) is 8.92. The topological polar surface area (TPSA) is 35.5 Å². The van der Waals surface area contributed by atoms with Crippen molar-refractivity contribution in [2.45, 2.75) is 33.0 Å². The Morgan fingerprint density at radius 2 is 1.58 bits per heavy atom. The fourth-order valence-corrected chi connectivity index (χ4v) is 3.49. The van der Waals surface area contributed by atoms with Crippen LogP contribution in [-0.2, 0) is 13.6 Å². The maximum atomic E-state index is 12.9. The Kier molecular flexibility index (Phi) is 5.40. The zero-order valence-electron chi connectivity index (χ0n) is 11.3. The van der Waals surface area contributed by atoms with Gasteiger partial charge in [-0.15, -0.1) is 12.8 Å². The lowest BCUT2D eigenvalue weighted by atomic mass is 10.2. The molecule has 0 aliphatic rings. The summed E-state index contributed by atoms with van der Waals surface area (Å²) < 4.78 is 23.8. The molecule has 19 heavy (non-hydrogen) atoms. The zero-order chi connectivity index (χ0) is 14.5. The van der Waals surface area contributed by atoms with Crippen molar-refractivity contribution in [3.63, 3.8) is 0 Å². The van der Waals surface area contributed by atoms with Crippen molar-refractivity contribution < 1.29 is 13.6 Å². The fourth-order valence-electron chi connectivity index (χ4n) is 1.49. The Hall–Kier alpha value is -1.51. The second kappa shape index (κ2) is 6.60. The predicted octanol–water partition coefficient (Wildman–Crippen LogP) is 2.89. The highest BCUT2D eigenvalue weighted by Gasteiger charge is 2.32. The van der Waals surface area contributed by atoms with Crippen LogP contribution in [0.1, 0.15) is 19.4 Å². The van der Waals surface area contributed by atoms with Crippen LogP contribution in [0.3, 0.4) is 0 Å². The number of aryl methyl sites for hydroxylation is 1. The second-order valence-corrected chi connectivity index (χ2v) is 6.01. The molecule has 0 aliphatic heterocycles. The van der Waals surface area contributed by atoms with Gasteiger partial charge in [-0.1, -0.05) is 30.0 Å². The summed E-state index contributed by atoms with van der Waals surface area (Å²) in [7, 11) is -3.54. The smallest absolute Gasteiger partial charge is 0.289 e. The third kappa shape index (κ3) is 3.98. The number of hydrogen-bond acceptors (Lipinski definition) is 3. The van der Waals surface area contributed by atoms with Gasteiger partial charge in [0.25, 0.3) is 0 Å². The van der Waals surface area contributed by atoms with Gasteiger partial charge in [0.15, 0.2) is 0 Å². The van der Waals surface area contributed by atoms with E-state index >= 15 is 0 Å². The standard InChI is InChI=1S/C15H17O3P/c1-6-13(4)17-19(16,18-14(5)7-2)15-11-9-8-10-12(15)3/h1-2,8-11,13-14H,3-5H3. The Bertz CT molecular complexity index is 539. The molecule has 2 unspecified atom stereocenters. The van der Waals surface area contributed by atoms with Crippen LogP contribution in [0.5, 0.6) is 0 Å². The first-order valence-corrected chi connectivity index (χ1v) is 7.42. The predicted molar refractivity (Wildman–Crippen MR) is 77.2 cm³/mol. The molecule has 0 radical (unpaired) electrons. The lowest BCUT2D eigenvalue weighted by Crippen LogP contribution is -2.19. The summed E-state index contributed by atoms with van der Waals surface area (Å²) >= 11 is 0. The van der Waals surface area contributed by atoms with Gasteiger partial charge < -0.3 is 0 Å². The molecule has 100 valence electrons. The average Bonchev–Trinajstić information content (AvgIpc) is 2.38. The van der Waals surface area contributed by atoms with Gasteiger partial charge in [-0.05, 0) is 32.4 Å². The van der Waals surface area contributed by atoms with Gasteiger partial charge in [0.05, 0.1) is 5.30 Å². The van der Waals surface area contributed by atoms with Crippen molar-refractivity contribution >= 4 is 12.9 Å². The van der Waals surface area contributed by atoms with Crippen LogP contribution in [0.15, 0.2) is 24.3 Å². The molecule has 0 aliphatic carbocycles. The monoisotopic (exact) mass is 276 g/mol. The molecule has 0 saturated carbocycles. The quantitative estimate of drug-likeness (QED) is 0.613. The van der Waals surface area contributed by atoms with Gasteiger partial charge in [-0.2, -0.15) is 0 Å². The minimum absolute atomic E-state index is 0.485. The van der Waals surface area contributed by atoms with E-state index in [4.69, 9.17) is 21.9 Å². The summed E-state index contributed by atoms with van der Waals surface area (Å²) in [6.45, 7) is 5.10. The summed E-state index contributed by atoms with van der Waals surface area (Å²) in [5.74, 6) is 4.75. The minimum atomic E-state index is -3.54. The molecule has 0 heterocycles. The van der Waals surface area contributed by atoms with E-state index in [2.05, 4.69) is 11.8 Å². The van der Waals surface area contributed by atoms with Crippen molar-refractivity contribution in [3.8, 4) is 24.7 Å². The molecule has 0 spiro atoms. The Morgan fingerprint density at radius 3 is 2.00 bits per heavy atom. The van der Waals surface area contributed by atoms with Crippen LogP contribution in [0.25, 0.3) is 0 Å². The summed E-state index contributed by atoms with van der Waals surface area (Å²) in [5, 5.41) is 0.485. The van der Waals surface area contributed by atoms with E-state index in [1.165, 1.54) is 0 Å². The number of rotatable bonds is 5. The molecule has 0 aromatic heterocycles. The zero-order valence-corrected chi connectivity index (χ0v) is 12.2. The van der Waals surface area contributed by atoms with Crippen LogP contribution in [0.2, 0.25) is 0 Å². The van der Waals surface area contributed by atoms with Crippen LogP contribution in [0, 0.1) is 31.6 Å². The average molecular weight is 276 g/mol. The summed E-state index contributed by atoms with van der Waals surface area (Å²) in [4.78, 5) is 0. The lowest BCUT2D eigenvalue weighted by Gasteiger charge is -2.23. The van der Waals surface area contributed by atoms with E-state index in [9.17, 15) is 4.57 Å². The summed E-state index contributed by atoms with van der Waals surface area (Å²) in [6, 6.07) is 7.14. The number of benzene rings is 1. The van der Waals surface area contributed by atoms with Crippen molar-refractivity contribution in [1.82, 2.24) is 0 Å². The first kappa shape index (κ1) is 15.5. The van der Waals surface area contributed by atoms with Gasteiger partial charge in [0.1, 0.15) is 12.2 Å². The Balaban J connectivity index is 3.21. The molecular formula is C15H17O3P. The first-order valence-electron chi connectivity index (χ1n) is 5.88. The third-order valence-electron chi connectivity index (χ3n) is 2.47. The van der Waals surface area contributed by atoms with Gasteiger partial charge in [-0.25, -0.2) is 0 Å². The molecule has 0 fully saturated rings. The maximum absolute atomic E-state index is 12.9. The molecule has 1 aromatic rings. The maximum Gasteiger partial charge on any atom is 0.363 e. The van der Waals surface area contributed by atoms with E-state index < -0.39 is 19.8 Å². The lowest BCUT2D eigenvalue weighted by molar-refractivity contribution is 0.179. The van der Waals surface area contributed by atoms with Crippen molar-refractivity contribution in [2.75, 3.05) is 0 Å². The highest BCUT2D eigenvalue weighted by Crippen LogP contribution is 2.49. The van der Waals surface area contributed by atoms with Crippen LogP contribution in [-0.4, -0.2) is 12.2 Å². The van der Waals surface area contributed by atoms with Gasteiger partial charge in [-0.3, -0.25) is 13.6 Å². The molecule has 3 nitrogen and oxygen atoms in total. The normalized spacial score (nSPS) is 16.7. The van der Waals surface area contributed by atoms with Crippen molar-refractivity contribution in [1.29, 1.82) is 0 Å². The number of terminal acetylenes is 2. The molecular weight excluding hydrogens is 259 g/mol. The minimum Gasteiger partial charge on any atom is -0.289 e. The van der Waals surface area contributed by atoms with E-state index in [1.807, 2.05) is 19.1 Å². The van der Waals surface area contributed by atoms with Crippen LogP contribution < -0.4 is 5.30 Å². The molecule has 0 N–H and O–H groups in total. The SMILES string of the molecule is C#CC(C)OP(=O)(OC(C)C#C)c1ccccc1C. The Morgan fingerprint density at radius 1 is 1.11 bits per heavy atom. The van der Waals surface area contributed by atoms with Crippen molar-refractivity contribution in [3.05, 3.63) is 29.8 Å². The largest absolute Gasteiger partial charge is 0.363 e. The molecule has 1 rings (SSSR count). The molecule has 2 atom stereocenters. The molecule has 0 amide bonds. The number of hydrogen-bond donors (Lipinski definition) is 0. The third-order valence-corrected chi connectivity index (χ3v) is 4.75. The van der Waals surface area contributed by atoms with E-state index in [1.54, 1.807) is 26.0 Å². The summed E-state index contributed by atoms with van der Waals surface area (Å²) in [5.41, 5.74) is 0.805. The molecule has 0 saturated heterocycles. The van der Waals surface area contributed by atoms with Gasteiger partial charge in [0, 0.05) is 0 Å². The van der Waals surface area contributed by atoms with E-state index in [0.717, 1.165) is 5.56 Å². The highest BCUT2D eigenvalue weighted by molar-refractivity contribution is 7.62. The molecule has 0 bridgehead atoms. The highest BCUT2D eigenvalue weighted by atomic mass is 31.2. The van der Waals surface area contributed by atoms with Crippen molar-refractivity contribution in [2.24, 2.45) is 0 Å². The Labute approximate surface area is 114 Å².